The Labute approximate surface area is 216 Å². The van der Waals surface area contributed by atoms with E-state index in [4.69, 9.17) is 9.84 Å². The molecule has 0 radical (unpaired) electrons. The van der Waals surface area contributed by atoms with Gasteiger partial charge in [-0.2, -0.15) is 0 Å². The van der Waals surface area contributed by atoms with Crippen molar-refractivity contribution in [3.63, 3.8) is 0 Å². The van der Waals surface area contributed by atoms with Crippen LogP contribution in [0.5, 0.6) is 0 Å². The lowest BCUT2D eigenvalue weighted by Gasteiger charge is -2.22. The molecule has 5 rings (SSSR count). The molecule has 3 aromatic carbocycles. The van der Waals surface area contributed by atoms with E-state index in [1.165, 1.54) is 11.1 Å². The maximum Gasteiger partial charge on any atom is 0.407 e. The average molecular weight is 499 g/mol. The Bertz CT molecular complexity index is 1250. The molecule has 2 aliphatic carbocycles. The molecule has 7 heteroatoms. The fourth-order valence-electron chi connectivity index (χ4n) is 5.18. The Balaban J connectivity index is 1.12. The van der Waals surface area contributed by atoms with Crippen LogP contribution >= 0.6 is 0 Å². The van der Waals surface area contributed by atoms with E-state index >= 15 is 0 Å². The quantitative estimate of drug-likeness (QED) is 0.424. The predicted octanol–water partition coefficient (Wildman–Crippen LogP) is 4.66. The lowest BCUT2D eigenvalue weighted by molar-refractivity contribution is -0.139. The topological polar surface area (TPSA) is 95.9 Å². The van der Waals surface area contributed by atoms with Crippen molar-refractivity contribution in [1.82, 2.24) is 10.2 Å². The molecule has 0 heterocycles. The van der Waals surface area contributed by atoms with Crippen molar-refractivity contribution in [2.45, 2.75) is 25.3 Å². The van der Waals surface area contributed by atoms with Crippen LogP contribution in [0.4, 0.5) is 4.79 Å². The number of ether oxygens (including phenoxy) is 1. The van der Waals surface area contributed by atoms with Gasteiger partial charge in [-0.15, -0.1) is 0 Å². The van der Waals surface area contributed by atoms with Gasteiger partial charge < -0.3 is 20.1 Å². The summed E-state index contributed by atoms with van der Waals surface area (Å²) in [6.07, 6.45) is 0.0708. The van der Waals surface area contributed by atoms with Crippen molar-refractivity contribution >= 4 is 18.0 Å². The molecule has 37 heavy (non-hydrogen) atoms. The van der Waals surface area contributed by atoms with Crippen molar-refractivity contribution in [2.24, 2.45) is 11.8 Å². The van der Waals surface area contributed by atoms with E-state index in [1.807, 2.05) is 54.6 Å². The minimum absolute atomic E-state index is 0.00539. The maximum atomic E-state index is 13.1. The van der Waals surface area contributed by atoms with E-state index in [2.05, 4.69) is 29.6 Å². The Morgan fingerprint density at radius 2 is 1.51 bits per heavy atom. The first kappa shape index (κ1) is 24.6. The lowest BCUT2D eigenvalue weighted by Crippen LogP contribution is -2.35. The van der Waals surface area contributed by atoms with Crippen LogP contribution in [-0.4, -0.2) is 47.7 Å². The number of benzene rings is 3. The highest BCUT2D eigenvalue weighted by molar-refractivity contribution is 5.82. The van der Waals surface area contributed by atoms with Crippen molar-refractivity contribution in [3.05, 3.63) is 95.6 Å². The molecular formula is C30H30N2O5. The second kappa shape index (κ2) is 10.9. The highest BCUT2D eigenvalue weighted by Crippen LogP contribution is 2.44. The number of hydrogen-bond acceptors (Lipinski definition) is 4. The monoisotopic (exact) mass is 498 g/mol. The molecule has 0 aromatic heterocycles. The van der Waals surface area contributed by atoms with Crippen LogP contribution in [0, 0.1) is 11.8 Å². The maximum absolute atomic E-state index is 13.1. The third-order valence-electron chi connectivity index (χ3n) is 7.22. The molecule has 1 saturated carbocycles. The third kappa shape index (κ3) is 5.66. The van der Waals surface area contributed by atoms with E-state index in [1.54, 1.807) is 4.90 Å². The summed E-state index contributed by atoms with van der Waals surface area (Å²) in [5.41, 5.74) is 5.62. The summed E-state index contributed by atoms with van der Waals surface area (Å²) >= 11 is 0. The van der Waals surface area contributed by atoms with E-state index in [0.717, 1.165) is 16.7 Å². The first-order chi connectivity index (χ1) is 18.0. The van der Waals surface area contributed by atoms with Crippen LogP contribution in [0.25, 0.3) is 11.1 Å². The molecule has 3 aromatic rings. The van der Waals surface area contributed by atoms with Gasteiger partial charge >= 0.3 is 12.1 Å². The van der Waals surface area contributed by atoms with Gasteiger partial charge in [0.25, 0.3) is 0 Å². The summed E-state index contributed by atoms with van der Waals surface area (Å²) < 4.78 is 5.59. The van der Waals surface area contributed by atoms with Gasteiger partial charge in [-0.3, -0.25) is 9.59 Å². The number of alkyl carbamates (subject to hydrolysis) is 1. The molecule has 2 atom stereocenters. The molecule has 0 unspecified atom stereocenters. The predicted molar refractivity (Wildman–Crippen MR) is 139 cm³/mol. The summed E-state index contributed by atoms with van der Waals surface area (Å²) in [4.78, 5) is 38.3. The second-order valence-corrected chi connectivity index (χ2v) is 9.70. The van der Waals surface area contributed by atoms with Gasteiger partial charge in [-0.25, -0.2) is 4.79 Å². The molecular weight excluding hydrogens is 468 g/mol. The smallest absolute Gasteiger partial charge is 0.407 e. The van der Waals surface area contributed by atoms with Crippen LogP contribution in [0.1, 0.15) is 35.4 Å². The van der Waals surface area contributed by atoms with Gasteiger partial charge in [0.1, 0.15) is 6.61 Å². The van der Waals surface area contributed by atoms with E-state index in [0.29, 0.717) is 19.5 Å². The van der Waals surface area contributed by atoms with Crippen LogP contribution < -0.4 is 5.32 Å². The highest BCUT2D eigenvalue weighted by atomic mass is 16.5. The van der Waals surface area contributed by atoms with Gasteiger partial charge in [0, 0.05) is 31.5 Å². The van der Waals surface area contributed by atoms with Gasteiger partial charge in [0.05, 0.1) is 6.42 Å². The number of carboxylic acids is 1. The molecule has 2 N–H and O–H groups in total. The molecule has 2 amide bonds. The molecule has 0 bridgehead atoms. The van der Waals surface area contributed by atoms with Crippen molar-refractivity contribution in [1.29, 1.82) is 0 Å². The Morgan fingerprint density at radius 1 is 0.892 bits per heavy atom. The van der Waals surface area contributed by atoms with Crippen molar-refractivity contribution < 1.29 is 24.2 Å². The Morgan fingerprint density at radius 3 is 2.16 bits per heavy atom. The molecule has 1 fully saturated rings. The fourth-order valence-corrected chi connectivity index (χ4v) is 5.18. The Kier molecular flexibility index (Phi) is 7.21. The normalized spacial score (nSPS) is 17.4. The summed E-state index contributed by atoms with van der Waals surface area (Å²) in [7, 11) is 0. The molecule has 0 spiro atoms. The zero-order chi connectivity index (χ0) is 25.8. The van der Waals surface area contributed by atoms with E-state index in [9.17, 15) is 14.4 Å². The standard InChI is InChI=1S/C30H30N2O5/c33-28(34)14-15-32(18-20-8-2-1-3-9-20)29(35)26-16-21(26)17-31-30(36)37-19-27-24-12-6-4-10-22(24)23-11-5-7-13-25(23)27/h1-13,21,26-27H,14-19H2,(H,31,36)(H,33,34)/t21-,26-/m0/s1. The second-order valence-electron chi connectivity index (χ2n) is 9.70. The zero-order valence-electron chi connectivity index (χ0n) is 20.5. The van der Waals surface area contributed by atoms with Crippen LogP contribution in [-0.2, 0) is 20.9 Å². The van der Waals surface area contributed by atoms with E-state index in [-0.39, 0.29) is 43.2 Å². The largest absolute Gasteiger partial charge is 0.481 e. The number of carbonyl (C=O) groups is 3. The van der Waals surface area contributed by atoms with Crippen LogP contribution in [0.15, 0.2) is 78.9 Å². The molecule has 7 nitrogen and oxygen atoms in total. The zero-order valence-corrected chi connectivity index (χ0v) is 20.5. The summed E-state index contributed by atoms with van der Waals surface area (Å²) in [6.45, 7) is 1.13. The van der Waals surface area contributed by atoms with Crippen molar-refractivity contribution in [3.8, 4) is 11.1 Å². The fraction of sp³-hybridized carbons (Fsp3) is 0.300. The number of amides is 2. The van der Waals surface area contributed by atoms with E-state index < -0.39 is 12.1 Å². The van der Waals surface area contributed by atoms with Gasteiger partial charge in [0.2, 0.25) is 5.91 Å². The first-order valence-electron chi connectivity index (χ1n) is 12.6. The molecule has 190 valence electrons. The van der Waals surface area contributed by atoms with Crippen LogP contribution in [0.2, 0.25) is 0 Å². The van der Waals surface area contributed by atoms with Gasteiger partial charge in [0.15, 0.2) is 0 Å². The van der Waals surface area contributed by atoms with Gasteiger partial charge in [-0.05, 0) is 40.2 Å². The lowest BCUT2D eigenvalue weighted by atomic mass is 9.98. The minimum Gasteiger partial charge on any atom is -0.481 e. The molecule has 0 saturated heterocycles. The highest BCUT2D eigenvalue weighted by Gasteiger charge is 2.45. The minimum atomic E-state index is -0.935. The van der Waals surface area contributed by atoms with Crippen molar-refractivity contribution in [2.75, 3.05) is 19.7 Å². The summed E-state index contributed by atoms with van der Waals surface area (Å²) in [5.74, 6) is -1.20. The summed E-state index contributed by atoms with van der Waals surface area (Å²) in [6, 6.07) is 25.9. The number of fused-ring (bicyclic) bond motifs is 3. The Hall–Kier alpha value is -4.13. The number of rotatable bonds is 10. The first-order valence-corrected chi connectivity index (χ1v) is 12.6. The number of carboxylic acid groups (broad SMARTS) is 1. The SMILES string of the molecule is O=C(O)CCN(Cc1ccccc1)C(=O)[C@H]1C[C@H]1CNC(=O)OCC1c2ccccc2-c2ccccc21. The molecule has 2 aliphatic rings. The molecule has 0 aliphatic heterocycles. The number of nitrogens with one attached hydrogen (secondary N) is 1. The number of carbonyl (C=O) groups excluding carboxylic acids is 2. The van der Waals surface area contributed by atoms with Crippen LogP contribution in [0.3, 0.4) is 0 Å². The summed E-state index contributed by atoms with van der Waals surface area (Å²) in [5, 5.41) is 11.9. The third-order valence-corrected chi connectivity index (χ3v) is 7.22. The number of aliphatic carboxylic acids is 1. The number of nitrogens with zero attached hydrogens (tertiary/aromatic N) is 1. The van der Waals surface area contributed by atoms with Gasteiger partial charge in [-0.1, -0.05) is 78.9 Å². The average Bonchev–Trinajstić information content (AvgIpc) is 3.63. The number of hydrogen-bond donors (Lipinski definition) is 2.